The molecule has 4 nitrogen and oxygen atoms in total. The molecule has 3 heterocycles. The second-order valence-corrected chi connectivity index (χ2v) is 7.55. The largest absolute Gasteiger partial charge is 0.434 e. The topological polar surface area (TPSA) is 32.3 Å². The number of aromatic nitrogens is 2. The molecule has 0 spiro atoms. The maximum atomic E-state index is 12.6. The van der Waals surface area contributed by atoms with E-state index >= 15 is 0 Å². The summed E-state index contributed by atoms with van der Waals surface area (Å²) < 4.78 is 38.7. The first-order valence-electron chi connectivity index (χ1n) is 7.46. The first kappa shape index (κ1) is 17.8. The van der Waals surface area contributed by atoms with Crippen LogP contribution in [0.1, 0.15) is 16.3 Å². The Balaban J connectivity index is 1.49. The number of alkyl halides is 3. The third-order valence-electron chi connectivity index (χ3n) is 3.83. The van der Waals surface area contributed by atoms with Gasteiger partial charge in [-0.2, -0.15) is 13.2 Å². The van der Waals surface area contributed by atoms with E-state index in [1.165, 1.54) is 0 Å². The van der Waals surface area contributed by atoms with Gasteiger partial charge in [0.05, 0.1) is 6.54 Å². The lowest BCUT2D eigenvalue weighted by Crippen LogP contribution is -2.45. The SMILES string of the molecule is FC(F)(F)c1csc(CN2CCN(Cc3cncc(Br)c3)CC2)n1. The zero-order valence-corrected chi connectivity index (χ0v) is 15.2. The van der Waals surface area contributed by atoms with Gasteiger partial charge in [-0.1, -0.05) is 0 Å². The smallest absolute Gasteiger partial charge is 0.296 e. The van der Waals surface area contributed by atoms with Crippen molar-refractivity contribution < 1.29 is 13.2 Å². The van der Waals surface area contributed by atoms with E-state index in [-0.39, 0.29) is 0 Å². The fourth-order valence-electron chi connectivity index (χ4n) is 2.61. The summed E-state index contributed by atoms with van der Waals surface area (Å²) in [4.78, 5) is 12.3. The van der Waals surface area contributed by atoms with Gasteiger partial charge in [0.25, 0.3) is 0 Å². The summed E-state index contributed by atoms with van der Waals surface area (Å²) in [5.41, 5.74) is 0.357. The molecule has 1 aliphatic rings. The Labute approximate surface area is 150 Å². The Hall–Kier alpha value is -1.03. The van der Waals surface area contributed by atoms with Crippen LogP contribution in [0.2, 0.25) is 0 Å². The zero-order valence-electron chi connectivity index (χ0n) is 12.8. The molecule has 0 aliphatic carbocycles. The molecule has 0 unspecified atom stereocenters. The summed E-state index contributed by atoms with van der Waals surface area (Å²) in [6.45, 7) is 4.71. The van der Waals surface area contributed by atoms with E-state index in [1.807, 2.05) is 12.3 Å². The number of thiazole rings is 1. The molecule has 2 aromatic rings. The molecule has 3 rings (SSSR count). The van der Waals surface area contributed by atoms with Crippen LogP contribution in [0, 0.1) is 0 Å². The van der Waals surface area contributed by atoms with Gasteiger partial charge in [-0.15, -0.1) is 11.3 Å². The molecule has 0 aromatic carbocycles. The van der Waals surface area contributed by atoms with Crippen LogP contribution in [0.4, 0.5) is 13.2 Å². The highest BCUT2D eigenvalue weighted by Gasteiger charge is 2.33. The van der Waals surface area contributed by atoms with E-state index in [0.717, 1.165) is 59.5 Å². The average Bonchev–Trinajstić information content (AvgIpc) is 2.98. The van der Waals surface area contributed by atoms with E-state index in [0.29, 0.717) is 11.6 Å². The molecule has 1 saturated heterocycles. The van der Waals surface area contributed by atoms with Crippen molar-refractivity contribution in [1.82, 2.24) is 19.8 Å². The quantitative estimate of drug-likeness (QED) is 0.755. The fourth-order valence-corrected chi connectivity index (χ4v) is 3.87. The minimum atomic E-state index is -4.36. The van der Waals surface area contributed by atoms with Gasteiger partial charge < -0.3 is 0 Å². The summed E-state index contributed by atoms with van der Waals surface area (Å²) in [5, 5.41) is 1.61. The summed E-state index contributed by atoms with van der Waals surface area (Å²) in [6, 6.07) is 2.05. The van der Waals surface area contributed by atoms with Gasteiger partial charge >= 0.3 is 6.18 Å². The van der Waals surface area contributed by atoms with Crippen molar-refractivity contribution in [2.75, 3.05) is 26.2 Å². The summed E-state index contributed by atoms with van der Waals surface area (Å²) in [5.74, 6) is 0. The molecule has 130 valence electrons. The van der Waals surface area contributed by atoms with Crippen LogP contribution in [-0.2, 0) is 19.3 Å². The third kappa shape index (κ3) is 4.75. The van der Waals surface area contributed by atoms with Crippen LogP contribution in [0.25, 0.3) is 0 Å². The lowest BCUT2D eigenvalue weighted by Gasteiger charge is -2.34. The molecule has 0 radical (unpaired) electrons. The molecule has 2 aromatic heterocycles. The number of nitrogens with zero attached hydrogens (tertiary/aromatic N) is 4. The van der Waals surface area contributed by atoms with Crippen molar-refractivity contribution in [2.24, 2.45) is 0 Å². The lowest BCUT2D eigenvalue weighted by molar-refractivity contribution is -0.140. The number of hydrogen-bond donors (Lipinski definition) is 0. The number of pyridine rings is 1. The highest BCUT2D eigenvalue weighted by molar-refractivity contribution is 9.10. The standard InChI is InChI=1S/C15H16BrF3N4S/c16-12-5-11(6-20-7-12)8-22-1-3-23(4-2-22)9-14-21-13(10-24-14)15(17,18)19/h5-7,10H,1-4,8-9H2. The maximum absolute atomic E-state index is 12.6. The van der Waals surface area contributed by atoms with Crippen molar-refractivity contribution in [3.05, 3.63) is 44.6 Å². The van der Waals surface area contributed by atoms with Crippen molar-refractivity contribution in [2.45, 2.75) is 19.3 Å². The highest BCUT2D eigenvalue weighted by Crippen LogP contribution is 2.30. The van der Waals surface area contributed by atoms with Crippen LogP contribution >= 0.6 is 27.3 Å². The Morgan fingerprint density at radius 3 is 2.33 bits per heavy atom. The highest BCUT2D eigenvalue weighted by atomic mass is 79.9. The molecule has 0 amide bonds. The first-order chi connectivity index (χ1) is 11.4. The summed E-state index contributed by atoms with van der Waals surface area (Å²) in [6.07, 6.45) is -0.749. The van der Waals surface area contributed by atoms with Gasteiger partial charge in [0, 0.05) is 55.0 Å². The molecule has 1 aliphatic heterocycles. The Morgan fingerprint density at radius 2 is 1.75 bits per heavy atom. The molecule has 1 fully saturated rings. The van der Waals surface area contributed by atoms with Gasteiger partial charge in [-0.25, -0.2) is 4.98 Å². The number of halogens is 4. The number of piperazine rings is 1. The molecule has 0 N–H and O–H groups in total. The Kier molecular flexibility index (Phi) is 5.53. The van der Waals surface area contributed by atoms with Crippen molar-refractivity contribution in [3.8, 4) is 0 Å². The normalized spacial score (nSPS) is 17.3. The van der Waals surface area contributed by atoms with Crippen molar-refractivity contribution in [3.63, 3.8) is 0 Å². The lowest BCUT2D eigenvalue weighted by atomic mass is 10.2. The molecule has 0 atom stereocenters. The molecular weight excluding hydrogens is 405 g/mol. The van der Waals surface area contributed by atoms with Gasteiger partial charge in [0.15, 0.2) is 5.69 Å². The van der Waals surface area contributed by atoms with Crippen LogP contribution < -0.4 is 0 Å². The predicted octanol–water partition coefficient (Wildman–Crippen LogP) is 3.64. The van der Waals surface area contributed by atoms with E-state index in [9.17, 15) is 13.2 Å². The van der Waals surface area contributed by atoms with Crippen LogP contribution in [-0.4, -0.2) is 45.9 Å². The van der Waals surface area contributed by atoms with Gasteiger partial charge in [-0.3, -0.25) is 14.8 Å². The Morgan fingerprint density at radius 1 is 1.08 bits per heavy atom. The summed E-state index contributed by atoms with van der Waals surface area (Å²) >= 11 is 4.49. The Bertz CT molecular complexity index is 683. The van der Waals surface area contributed by atoms with E-state index in [2.05, 4.69) is 35.7 Å². The minimum Gasteiger partial charge on any atom is -0.296 e. The maximum Gasteiger partial charge on any atom is 0.434 e. The summed E-state index contributed by atoms with van der Waals surface area (Å²) in [7, 11) is 0. The van der Waals surface area contributed by atoms with E-state index < -0.39 is 11.9 Å². The molecule has 9 heteroatoms. The van der Waals surface area contributed by atoms with Gasteiger partial charge in [0.2, 0.25) is 0 Å². The predicted molar refractivity (Wildman–Crippen MR) is 89.6 cm³/mol. The monoisotopic (exact) mass is 420 g/mol. The fraction of sp³-hybridized carbons (Fsp3) is 0.467. The van der Waals surface area contributed by atoms with Crippen LogP contribution in [0.5, 0.6) is 0 Å². The van der Waals surface area contributed by atoms with Gasteiger partial charge in [0.1, 0.15) is 5.01 Å². The molecule has 24 heavy (non-hydrogen) atoms. The van der Waals surface area contributed by atoms with Crippen LogP contribution in [0.15, 0.2) is 28.3 Å². The first-order valence-corrected chi connectivity index (χ1v) is 9.13. The second kappa shape index (κ2) is 7.47. The molecule has 0 saturated carbocycles. The third-order valence-corrected chi connectivity index (χ3v) is 5.10. The van der Waals surface area contributed by atoms with Gasteiger partial charge in [-0.05, 0) is 27.6 Å². The zero-order chi connectivity index (χ0) is 17.2. The minimum absolute atomic E-state index is 0.479. The number of rotatable bonds is 4. The van der Waals surface area contributed by atoms with Crippen molar-refractivity contribution >= 4 is 27.3 Å². The average molecular weight is 421 g/mol. The molecule has 0 bridgehead atoms. The number of hydrogen-bond acceptors (Lipinski definition) is 5. The second-order valence-electron chi connectivity index (χ2n) is 5.69. The van der Waals surface area contributed by atoms with E-state index in [4.69, 9.17) is 0 Å². The van der Waals surface area contributed by atoms with Crippen LogP contribution in [0.3, 0.4) is 0 Å². The molecular formula is C15H16BrF3N4S. The van der Waals surface area contributed by atoms with E-state index in [1.54, 1.807) is 6.20 Å². The van der Waals surface area contributed by atoms with Crippen molar-refractivity contribution in [1.29, 1.82) is 0 Å².